The van der Waals surface area contributed by atoms with Gasteiger partial charge < -0.3 is 0 Å². The Morgan fingerprint density at radius 2 is 1.30 bits per heavy atom. The van der Waals surface area contributed by atoms with Gasteiger partial charge in [0.1, 0.15) is 11.4 Å². The molecule has 1 aromatic heterocycles. The van der Waals surface area contributed by atoms with Crippen molar-refractivity contribution >= 4 is 5.69 Å². The van der Waals surface area contributed by atoms with Crippen LogP contribution in [0, 0.1) is 4.91 Å². The summed E-state index contributed by atoms with van der Waals surface area (Å²) in [5, 5.41) is 3.07. The van der Waals surface area contributed by atoms with Gasteiger partial charge in [0.2, 0.25) is 0 Å². The molecule has 0 amide bonds. The van der Waals surface area contributed by atoms with E-state index in [4.69, 9.17) is 0 Å². The predicted octanol–water partition coefficient (Wildman–Crippen LogP) is 4.81. The molecule has 1 heterocycles. The summed E-state index contributed by atoms with van der Waals surface area (Å²) in [4.78, 5) is 15.5. The van der Waals surface area contributed by atoms with E-state index < -0.39 is 0 Å². The van der Waals surface area contributed by atoms with Crippen molar-refractivity contribution in [2.24, 2.45) is 5.18 Å². The van der Waals surface area contributed by atoms with Crippen LogP contribution in [0.5, 0.6) is 0 Å². The van der Waals surface area contributed by atoms with Crippen molar-refractivity contribution in [2.75, 3.05) is 0 Å². The van der Waals surface area contributed by atoms with E-state index in [0.29, 0.717) is 11.4 Å². The third-order valence-corrected chi connectivity index (χ3v) is 3.09. The highest BCUT2D eigenvalue weighted by Gasteiger charge is 2.09. The lowest BCUT2D eigenvalue weighted by Crippen LogP contribution is -1.88. The zero-order valence-electron chi connectivity index (χ0n) is 10.7. The number of nitrogens with zero attached hydrogens (tertiary/aromatic N) is 2. The topological polar surface area (TPSA) is 42.3 Å². The lowest BCUT2D eigenvalue weighted by atomic mass is 10.1. The molecule has 0 unspecified atom stereocenters. The minimum absolute atomic E-state index is 0.357. The van der Waals surface area contributed by atoms with Crippen LogP contribution in [0.1, 0.15) is 0 Å². The Hall–Kier alpha value is -2.81. The maximum atomic E-state index is 11.0. The van der Waals surface area contributed by atoms with E-state index in [9.17, 15) is 4.91 Å². The summed E-state index contributed by atoms with van der Waals surface area (Å²) >= 11 is 0. The van der Waals surface area contributed by atoms with Gasteiger partial charge in [0.15, 0.2) is 0 Å². The standard InChI is InChI=1S/C17H12N2O/c20-19-16-12-11-15(13-7-3-1-4-8-13)18-17(16)14-9-5-2-6-10-14/h1-12H. The highest BCUT2D eigenvalue weighted by Crippen LogP contribution is 2.30. The van der Waals surface area contributed by atoms with Crippen molar-refractivity contribution < 1.29 is 0 Å². The number of nitroso groups, excluding NO2 is 1. The van der Waals surface area contributed by atoms with E-state index in [1.54, 1.807) is 6.07 Å². The van der Waals surface area contributed by atoms with Crippen molar-refractivity contribution in [1.82, 2.24) is 4.98 Å². The van der Waals surface area contributed by atoms with Crippen LogP contribution in [0.3, 0.4) is 0 Å². The Bertz CT molecular complexity index is 724. The molecule has 0 N–H and O–H groups in total. The molecule has 3 heteroatoms. The summed E-state index contributed by atoms with van der Waals surface area (Å²) in [5.41, 5.74) is 3.71. The maximum absolute atomic E-state index is 11.0. The van der Waals surface area contributed by atoms with Crippen LogP contribution in [-0.4, -0.2) is 4.98 Å². The molecule has 0 fully saturated rings. The number of rotatable bonds is 3. The molecular weight excluding hydrogens is 248 g/mol. The fraction of sp³-hybridized carbons (Fsp3) is 0. The number of aromatic nitrogens is 1. The average molecular weight is 260 g/mol. The Balaban J connectivity index is 2.16. The van der Waals surface area contributed by atoms with Crippen LogP contribution in [-0.2, 0) is 0 Å². The second-order valence-electron chi connectivity index (χ2n) is 4.39. The molecule has 2 aromatic carbocycles. The first-order valence-electron chi connectivity index (χ1n) is 6.34. The van der Waals surface area contributed by atoms with Gasteiger partial charge in [-0.3, -0.25) is 0 Å². The summed E-state index contributed by atoms with van der Waals surface area (Å²) in [6.45, 7) is 0. The third kappa shape index (κ3) is 2.34. The number of hydrogen-bond acceptors (Lipinski definition) is 3. The second kappa shape index (κ2) is 5.45. The SMILES string of the molecule is O=Nc1ccc(-c2ccccc2)nc1-c1ccccc1. The molecule has 0 bridgehead atoms. The van der Waals surface area contributed by atoms with Crippen LogP contribution < -0.4 is 0 Å². The van der Waals surface area contributed by atoms with Crippen molar-refractivity contribution in [1.29, 1.82) is 0 Å². The minimum Gasteiger partial charge on any atom is -0.245 e. The molecule has 0 spiro atoms. The van der Waals surface area contributed by atoms with Gasteiger partial charge in [-0.25, -0.2) is 4.98 Å². The van der Waals surface area contributed by atoms with Crippen molar-refractivity contribution in [3.8, 4) is 22.5 Å². The smallest absolute Gasteiger partial charge is 0.134 e. The Labute approximate surface area is 116 Å². The Kier molecular flexibility index (Phi) is 3.33. The molecule has 96 valence electrons. The fourth-order valence-corrected chi connectivity index (χ4v) is 2.10. The summed E-state index contributed by atoms with van der Waals surface area (Å²) in [6.07, 6.45) is 0. The molecule has 0 aliphatic carbocycles. The van der Waals surface area contributed by atoms with E-state index in [1.807, 2.05) is 66.7 Å². The zero-order chi connectivity index (χ0) is 13.8. The number of pyridine rings is 1. The van der Waals surface area contributed by atoms with Gasteiger partial charge in [-0.05, 0) is 17.3 Å². The van der Waals surface area contributed by atoms with Crippen LogP contribution >= 0.6 is 0 Å². The monoisotopic (exact) mass is 260 g/mol. The second-order valence-corrected chi connectivity index (χ2v) is 4.39. The quantitative estimate of drug-likeness (QED) is 0.634. The summed E-state index contributed by atoms with van der Waals surface area (Å²) in [5.74, 6) is 0. The van der Waals surface area contributed by atoms with Crippen molar-refractivity contribution in [3.63, 3.8) is 0 Å². The molecule has 3 rings (SSSR count). The third-order valence-electron chi connectivity index (χ3n) is 3.09. The Morgan fingerprint density at radius 3 is 1.90 bits per heavy atom. The lowest BCUT2D eigenvalue weighted by molar-refractivity contribution is 1.30. The molecule has 0 saturated heterocycles. The fourth-order valence-electron chi connectivity index (χ4n) is 2.10. The van der Waals surface area contributed by atoms with E-state index >= 15 is 0 Å². The molecule has 0 atom stereocenters. The summed E-state index contributed by atoms with van der Waals surface area (Å²) in [6, 6.07) is 23.0. The molecule has 0 aliphatic heterocycles. The van der Waals surface area contributed by atoms with Gasteiger partial charge in [0, 0.05) is 11.1 Å². The maximum Gasteiger partial charge on any atom is 0.134 e. The Morgan fingerprint density at radius 1 is 0.700 bits per heavy atom. The normalized spacial score (nSPS) is 10.2. The lowest BCUT2D eigenvalue weighted by Gasteiger charge is -2.06. The van der Waals surface area contributed by atoms with Crippen molar-refractivity contribution in [2.45, 2.75) is 0 Å². The minimum atomic E-state index is 0.357. The van der Waals surface area contributed by atoms with Gasteiger partial charge in [-0.1, -0.05) is 60.7 Å². The van der Waals surface area contributed by atoms with Crippen LogP contribution in [0.25, 0.3) is 22.5 Å². The predicted molar refractivity (Wildman–Crippen MR) is 80.6 cm³/mol. The molecule has 0 radical (unpaired) electrons. The van der Waals surface area contributed by atoms with Crippen LogP contribution in [0.15, 0.2) is 78.0 Å². The molecule has 0 aliphatic rings. The van der Waals surface area contributed by atoms with Gasteiger partial charge in [-0.15, -0.1) is 4.91 Å². The van der Waals surface area contributed by atoms with E-state index in [0.717, 1.165) is 16.8 Å². The van der Waals surface area contributed by atoms with E-state index in [1.165, 1.54) is 0 Å². The van der Waals surface area contributed by atoms with E-state index in [-0.39, 0.29) is 0 Å². The van der Waals surface area contributed by atoms with Crippen LogP contribution in [0.2, 0.25) is 0 Å². The molecule has 0 saturated carbocycles. The van der Waals surface area contributed by atoms with Gasteiger partial charge in [-0.2, -0.15) is 0 Å². The first-order chi connectivity index (χ1) is 9.88. The highest BCUT2D eigenvalue weighted by molar-refractivity contribution is 5.75. The average Bonchev–Trinajstić information content (AvgIpc) is 2.56. The first-order valence-corrected chi connectivity index (χ1v) is 6.34. The van der Waals surface area contributed by atoms with Crippen molar-refractivity contribution in [3.05, 3.63) is 77.7 Å². The largest absolute Gasteiger partial charge is 0.245 e. The summed E-state index contributed by atoms with van der Waals surface area (Å²) in [7, 11) is 0. The van der Waals surface area contributed by atoms with Crippen LogP contribution in [0.4, 0.5) is 5.69 Å². The number of benzene rings is 2. The van der Waals surface area contributed by atoms with Gasteiger partial charge in [0.25, 0.3) is 0 Å². The highest BCUT2D eigenvalue weighted by atomic mass is 16.3. The first kappa shape index (κ1) is 12.2. The number of hydrogen-bond donors (Lipinski definition) is 0. The van der Waals surface area contributed by atoms with Gasteiger partial charge >= 0.3 is 0 Å². The molecular formula is C17H12N2O. The van der Waals surface area contributed by atoms with Gasteiger partial charge in [0.05, 0.1) is 5.69 Å². The zero-order valence-corrected chi connectivity index (χ0v) is 10.7. The molecule has 3 aromatic rings. The molecule has 3 nitrogen and oxygen atoms in total. The molecule has 20 heavy (non-hydrogen) atoms. The summed E-state index contributed by atoms with van der Waals surface area (Å²) < 4.78 is 0. The van der Waals surface area contributed by atoms with E-state index in [2.05, 4.69) is 10.2 Å².